The lowest BCUT2D eigenvalue weighted by Gasteiger charge is -2.14. The minimum Gasteiger partial charge on any atom is -0.357 e. The van der Waals surface area contributed by atoms with Gasteiger partial charge in [0.15, 0.2) is 5.78 Å². The number of hydrogen-bond donors (Lipinski definition) is 0. The number of nitrogens with zero attached hydrogens (tertiary/aromatic N) is 3. The molecule has 0 radical (unpaired) electrons. The topological polar surface area (TPSA) is 38.1 Å². The van der Waals surface area contributed by atoms with Crippen molar-refractivity contribution in [3.63, 3.8) is 0 Å². The molecule has 2 aromatic heterocycles. The summed E-state index contributed by atoms with van der Waals surface area (Å²) >= 11 is 0. The molecule has 0 spiro atoms. The molecule has 0 atom stereocenters. The Balaban J connectivity index is 1.81. The highest BCUT2D eigenvalue weighted by Gasteiger charge is 2.10. The Morgan fingerprint density at radius 3 is 2.84 bits per heavy atom. The number of ketones is 1. The lowest BCUT2D eigenvalue weighted by molar-refractivity contribution is 0.0946. The monoisotopic (exact) mass is 257 g/mol. The Bertz CT molecular complexity index is 533. The Morgan fingerprint density at radius 2 is 2.21 bits per heavy atom. The van der Waals surface area contributed by atoms with E-state index in [4.69, 9.17) is 0 Å². The van der Waals surface area contributed by atoms with Crippen molar-refractivity contribution in [3.05, 3.63) is 54.1 Å². The van der Waals surface area contributed by atoms with Crippen molar-refractivity contribution in [1.82, 2.24) is 14.5 Å². The molecule has 100 valence electrons. The maximum absolute atomic E-state index is 12.0. The van der Waals surface area contributed by atoms with Crippen LogP contribution in [0.3, 0.4) is 0 Å². The highest BCUT2D eigenvalue weighted by Crippen LogP contribution is 2.03. The van der Waals surface area contributed by atoms with Crippen molar-refractivity contribution in [2.75, 3.05) is 20.1 Å². The maximum Gasteiger partial charge on any atom is 0.178 e. The summed E-state index contributed by atoms with van der Waals surface area (Å²) in [6.07, 6.45) is 6.40. The first-order chi connectivity index (χ1) is 9.15. The summed E-state index contributed by atoms with van der Waals surface area (Å²) in [7, 11) is 3.88. The molecule has 0 unspecified atom stereocenters. The molecule has 2 aromatic rings. The lowest BCUT2D eigenvalue weighted by Crippen LogP contribution is -2.28. The summed E-state index contributed by atoms with van der Waals surface area (Å²) in [5, 5.41) is 0. The average Bonchev–Trinajstić information content (AvgIpc) is 2.84. The molecule has 0 saturated carbocycles. The van der Waals surface area contributed by atoms with Gasteiger partial charge in [0.2, 0.25) is 0 Å². The van der Waals surface area contributed by atoms with Gasteiger partial charge in [0, 0.05) is 49.9 Å². The standard InChI is InChI=1S/C15H19N3O/c1-17-9-6-13(11-17)15(19)12-18(2)10-7-14-5-3-4-8-16-14/h3-6,8-9,11H,7,10,12H2,1-2H3. The summed E-state index contributed by atoms with van der Waals surface area (Å²) in [5.41, 5.74) is 1.83. The van der Waals surface area contributed by atoms with Crippen LogP contribution >= 0.6 is 0 Å². The minimum atomic E-state index is 0.157. The summed E-state index contributed by atoms with van der Waals surface area (Å²) in [4.78, 5) is 18.3. The number of pyridine rings is 1. The van der Waals surface area contributed by atoms with Crippen molar-refractivity contribution in [2.24, 2.45) is 7.05 Å². The second-order valence-corrected chi connectivity index (χ2v) is 4.80. The van der Waals surface area contributed by atoms with E-state index < -0.39 is 0 Å². The van der Waals surface area contributed by atoms with Crippen LogP contribution in [0.25, 0.3) is 0 Å². The number of rotatable bonds is 6. The summed E-state index contributed by atoms with van der Waals surface area (Å²) in [6.45, 7) is 1.27. The molecule has 0 aliphatic carbocycles. The molecule has 0 aliphatic heterocycles. The molecule has 0 bridgehead atoms. The van der Waals surface area contributed by atoms with Gasteiger partial charge in [-0.25, -0.2) is 0 Å². The Labute approximate surface area is 113 Å². The quantitative estimate of drug-likeness (QED) is 0.740. The number of carbonyl (C=O) groups excluding carboxylic acids is 1. The second kappa shape index (κ2) is 6.29. The van der Waals surface area contributed by atoms with Crippen LogP contribution < -0.4 is 0 Å². The van der Waals surface area contributed by atoms with Crippen LogP contribution in [-0.4, -0.2) is 40.4 Å². The molecule has 2 heterocycles. The zero-order valence-electron chi connectivity index (χ0n) is 11.4. The van der Waals surface area contributed by atoms with E-state index in [9.17, 15) is 4.79 Å². The minimum absolute atomic E-state index is 0.157. The van der Waals surface area contributed by atoms with E-state index in [1.807, 2.05) is 60.2 Å². The van der Waals surface area contributed by atoms with Crippen molar-refractivity contribution in [3.8, 4) is 0 Å². The SMILES string of the molecule is CN(CCc1ccccn1)CC(=O)c1ccn(C)c1. The van der Waals surface area contributed by atoms with Gasteiger partial charge in [-0.2, -0.15) is 0 Å². The molecule has 0 amide bonds. The fourth-order valence-corrected chi connectivity index (χ4v) is 1.94. The van der Waals surface area contributed by atoms with Crippen LogP contribution in [0.1, 0.15) is 16.1 Å². The third kappa shape index (κ3) is 4.03. The normalized spacial score (nSPS) is 10.9. The zero-order valence-corrected chi connectivity index (χ0v) is 11.4. The Kier molecular flexibility index (Phi) is 4.47. The van der Waals surface area contributed by atoms with E-state index in [0.717, 1.165) is 24.2 Å². The predicted molar refractivity (Wildman–Crippen MR) is 75.2 cm³/mol. The van der Waals surface area contributed by atoms with Gasteiger partial charge in [0.05, 0.1) is 6.54 Å². The first kappa shape index (κ1) is 13.5. The summed E-state index contributed by atoms with van der Waals surface area (Å²) < 4.78 is 1.89. The second-order valence-electron chi connectivity index (χ2n) is 4.80. The predicted octanol–water partition coefficient (Wildman–Crippen LogP) is 1.78. The highest BCUT2D eigenvalue weighted by molar-refractivity contribution is 5.97. The lowest BCUT2D eigenvalue weighted by atomic mass is 10.2. The van der Waals surface area contributed by atoms with E-state index in [0.29, 0.717) is 6.54 Å². The van der Waals surface area contributed by atoms with Gasteiger partial charge in [0.25, 0.3) is 0 Å². The largest absolute Gasteiger partial charge is 0.357 e. The fraction of sp³-hybridized carbons (Fsp3) is 0.333. The smallest absolute Gasteiger partial charge is 0.178 e. The molecule has 4 heteroatoms. The van der Waals surface area contributed by atoms with Crippen molar-refractivity contribution in [2.45, 2.75) is 6.42 Å². The van der Waals surface area contributed by atoms with E-state index in [1.165, 1.54) is 0 Å². The summed E-state index contributed by atoms with van der Waals surface area (Å²) in [5.74, 6) is 0.157. The molecule has 0 aliphatic rings. The van der Waals surface area contributed by atoms with Crippen LogP contribution in [0.2, 0.25) is 0 Å². The van der Waals surface area contributed by atoms with Gasteiger partial charge in [-0.15, -0.1) is 0 Å². The number of hydrogen-bond acceptors (Lipinski definition) is 3. The molecule has 0 N–H and O–H groups in total. The number of likely N-dealkylation sites (N-methyl/N-ethyl adjacent to an activating group) is 1. The van der Waals surface area contributed by atoms with Crippen LogP contribution in [0, 0.1) is 0 Å². The van der Waals surface area contributed by atoms with Crippen LogP contribution in [0.15, 0.2) is 42.9 Å². The number of carbonyl (C=O) groups is 1. The third-order valence-corrected chi connectivity index (χ3v) is 3.04. The molecule has 0 fully saturated rings. The van der Waals surface area contributed by atoms with Crippen molar-refractivity contribution < 1.29 is 4.79 Å². The van der Waals surface area contributed by atoms with E-state index in [1.54, 1.807) is 6.20 Å². The van der Waals surface area contributed by atoms with Gasteiger partial charge >= 0.3 is 0 Å². The molecule has 4 nitrogen and oxygen atoms in total. The van der Waals surface area contributed by atoms with Crippen LogP contribution in [0.5, 0.6) is 0 Å². The van der Waals surface area contributed by atoms with Gasteiger partial charge in [-0.3, -0.25) is 14.7 Å². The van der Waals surface area contributed by atoms with E-state index >= 15 is 0 Å². The third-order valence-electron chi connectivity index (χ3n) is 3.04. The molecule has 2 rings (SSSR count). The number of aromatic nitrogens is 2. The van der Waals surface area contributed by atoms with Gasteiger partial charge in [0.1, 0.15) is 0 Å². The van der Waals surface area contributed by atoms with Gasteiger partial charge in [-0.05, 0) is 25.2 Å². The molecule has 19 heavy (non-hydrogen) atoms. The Hall–Kier alpha value is -1.94. The van der Waals surface area contributed by atoms with Crippen LogP contribution in [0.4, 0.5) is 0 Å². The first-order valence-electron chi connectivity index (χ1n) is 6.39. The van der Waals surface area contributed by atoms with Crippen molar-refractivity contribution >= 4 is 5.78 Å². The number of aryl methyl sites for hydroxylation is 1. The maximum atomic E-state index is 12.0. The number of Topliss-reactive ketones (excluding diaryl/α,β-unsaturated/α-hetero) is 1. The van der Waals surface area contributed by atoms with Crippen LogP contribution in [-0.2, 0) is 13.5 Å². The molecule has 0 saturated heterocycles. The average molecular weight is 257 g/mol. The van der Waals surface area contributed by atoms with Gasteiger partial charge in [-0.1, -0.05) is 6.07 Å². The first-order valence-corrected chi connectivity index (χ1v) is 6.39. The van der Waals surface area contributed by atoms with Gasteiger partial charge < -0.3 is 4.57 Å². The Morgan fingerprint density at radius 1 is 1.37 bits per heavy atom. The molecular formula is C15H19N3O. The van der Waals surface area contributed by atoms with E-state index in [2.05, 4.69) is 4.98 Å². The zero-order chi connectivity index (χ0) is 13.7. The molecular weight excluding hydrogens is 238 g/mol. The fourth-order valence-electron chi connectivity index (χ4n) is 1.94. The van der Waals surface area contributed by atoms with E-state index in [-0.39, 0.29) is 5.78 Å². The van der Waals surface area contributed by atoms with Crippen molar-refractivity contribution in [1.29, 1.82) is 0 Å². The summed E-state index contributed by atoms with van der Waals surface area (Å²) in [6, 6.07) is 7.76. The molecule has 0 aromatic carbocycles. The highest BCUT2D eigenvalue weighted by atomic mass is 16.1.